The van der Waals surface area contributed by atoms with Crippen molar-refractivity contribution in [3.05, 3.63) is 53.6 Å². The molecule has 2 aromatic rings. The van der Waals surface area contributed by atoms with Gasteiger partial charge in [0.05, 0.1) is 12.8 Å². The van der Waals surface area contributed by atoms with Gasteiger partial charge in [-0.1, -0.05) is 24.3 Å². The normalized spacial score (nSPS) is 10.2. The van der Waals surface area contributed by atoms with E-state index in [-0.39, 0.29) is 18.9 Å². The zero-order valence-corrected chi connectivity index (χ0v) is 14.2. The molecule has 0 aliphatic rings. The monoisotopic (exact) mass is 343 g/mol. The van der Waals surface area contributed by atoms with Crippen molar-refractivity contribution in [2.75, 3.05) is 19.0 Å². The molecule has 0 saturated carbocycles. The minimum Gasteiger partial charge on any atom is -0.495 e. The number of carboxylic acid groups (broad SMARTS) is 1. The number of anilines is 1. The molecule has 0 spiro atoms. The van der Waals surface area contributed by atoms with Gasteiger partial charge in [-0.15, -0.1) is 0 Å². The van der Waals surface area contributed by atoms with Gasteiger partial charge in [-0.25, -0.2) is 0 Å². The van der Waals surface area contributed by atoms with Crippen LogP contribution in [-0.4, -0.2) is 30.7 Å². The molecule has 6 heteroatoms. The third kappa shape index (κ3) is 5.53. The highest BCUT2D eigenvalue weighted by Gasteiger charge is 2.11. The Kier molecular flexibility index (Phi) is 6.39. The number of methoxy groups -OCH3 is 1. The summed E-state index contributed by atoms with van der Waals surface area (Å²) in [7, 11) is 1.54. The van der Waals surface area contributed by atoms with Crippen LogP contribution in [0.25, 0.3) is 0 Å². The van der Waals surface area contributed by atoms with Gasteiger partial charge in [0.25, 0.3) is 5.91 Å². The van der Waals surface area contributed by atoms with Gasteiger partial charge < -0.3 is 19.9 Å². The van der Waals surface area contributed by atoms with E-state index in [2.05, 4.69) is 5.32 Å². The molecular weight excluding hydrogens is 322 g/mol. The molecule has 0 aliphatic heterocycles. The number of carbonyl (C=O) groups is 2. The first-order valence-electron chi connectivity index (χ1n) is 7.86. The van der Waals surface area contributed by atoms with Crippen LogP contribution in [0.5, 0.6) is 11.5 Å². The zero-order chi connectivity index (χ0) is 18.2. The average Bonchev–Trinajstić information content (AvgIpc) is 2.59. The molecule has 25 heavy (non-hydrogen) atoms. The number of hydrogen-bond donors (Lipinski definition) is 2. The van der Waals surface area contributed by atoms with Crippen molar-refractivity contribution in [1.82, 2.24) is 0 Å². The largest absolute Gasteiger partial charge is 0.495 e. The Morgan fingerprint density at radius 2 is 1.88 bits per heavy atom. The van der Waals surface area contributed by atoms with Crippen LogP contribution in [-0.2, 0) is 16.0 Å². The molecule has 2 rings (SSSR count). The smallest absolute Gasteiger partial charge is 0.303 e. The van der Waals surface area contributed by atoms with Gasteiger partial charge in [0.15, 0.2) is 6.61 Å². The molecule has 2 N–H and O–H groups in total. The summed E-state index contributed by atoms with van der Waals surface area (Å²) in [6.45, 7) is 1.74. The number of carbonyl (C=O) groups excluding carboxylic acids is 1. The molecule has 6 nitrogen and oxygen atoms in total. The maximum atomic E-state index is 12.2. The Hall–Kier alpha value is -3.02. The average molecular weight is 343 g/mol. The second-order valence-electron chi connectivity index (χ2n) is 5.54. The summed E-state index contributed by atoms with van der Waals surface area (Å²) in [6.07, 6.45) is 0.353. The highest BCUT2D eigenvalue weighted by atomic mass is 16.5. The molecule has 0 aromatic heterocycles. The molecule has 0 bridgehead atoms. The summed E-state index contributed by atoms with van der Waals surface area (Å²) in [6, 6.07) is 12.6. The Balaban J connectivity index is 1.99. The SMILES string of the molecule is COc1ccc(C)cc1NC(=O)COc1ccccc1CCC(=O)O. The summed E-state index contributed by atoms with van der Waals surface area (Å²) in [5.41, 5.74) is 2.33. The maximum Gasteiger partial charge on any atom is 0.303 e. The highest BCUT2D eigenvalue weighted by Crippen LogP contribution is 2.25. The molecule has 0 aliphatic carbocycles. The van der Waals surface area contributed by atoms with E-state index in [0.29, 0.717) is 23.6 Å². The fourth-order valence-corrected chi connectivity index (χ4v) is 2.34. The number of nitrogens with one attached hydrogen (secondary N) is 1. The molecule has 0 atom stereocenters. The maximum absolute atomic E-state index is 12.2. The van der Waals surface area contributed by atoms with Gasteiger partial charge in [-0.2, -0.15) is 0 Å². The Bertz CT molecular complexity index is 757. The molecule has 0 unspecified atom stereocenters. The minimum atomic E-state index is -0.876. The van der Waals surface area contributed by atoms with Crippen LogP contribution >= 0.6 is 0 Å². The van der Waals surface area contributed by atoms with Crippen molar-refractivity contribution in [3.8, 4) is 11.5 Å². The van der Waals surface area contributed by atoms with E-state index in [4.69, 9.17) is 14.6 Å². The van der Waals surface area contributed by atoms with Crippen LogP contribution < -0.4 is 14.8 Å². The number of rotatable bonds is 8. The lowest BCUT2D eigenvalue weighted by Gasteiger charge is -2.13. The first-order valence-corrected chi connectivity index (χ1v) is 7.86. The predicted octanol–water partition coefficient (Wildman–Crippen LogP) is 3.04. The van der Waals surface area contributed by atoms with Gasteiger partial charge in [-0.3, -0.25) is 9.59 Å². The fourth-order valence-electron chi connectivity index (χ4n) is 2.34. The van der Waals surface area contributed by atoms with Crippen LogP contribution in [0.1, 0.15) is 17.5 Å². The van der Waals surface area contributed by atoms with Crippen molar-refractivity contribution in [3.63, 3.8) is 0 Å². The second-order valence-corrected chi connectivity index (χ2v) is 5.54. The lowest BCUT2D eigenvalue weighted by atomic mass is 10.1. The topological polar surface area (TPSA) is 84.9 Å². The number of para-hydroxylation sites is 1. The molecule has 132 valence electrons. The van der Waals surface area contributed by atoms with Crippen molar-refractivity contribution in [2.45, 2.75) is 19.8 Å². The van der Waals surface area contributed by atoms with Gasteiger partial charge in [0, 0.05) is 6.42 Å². The van der Waals surface area contributed by atoms with Crippen molar-refractivity contribution < 1.29 is 24.2 Å². The first-order chi connectivity index (χ1) is 12.0. The molecule has 2 aromatic carbocycles. The number of aliphatic carboxylic acids is 1. The Morgan fingerprint density at radius 1 is 1.12 bits per heavy atom. The standard InChI is InChI=1S/C19H21NO5/c1-13-7-9-17(24-2)15(11-13)20-18(21)12-25-16-6-4-3-5-14(16)8-10-19(22)23/h3-7,9,11H,8,10,12H2,1-2H3,(H,20,21)(H,22,23). The minimum absolute atomic E-state index is 0.00700. The quantitative estimate of drug-likeness (QED) is 0.769. The summed E-state index contributed by atoms with van der Waals surface area (Å²) < 4.78 is 10.8. The van der Waals surface area contributed by atoms with E-state index in [1.807, 2.05) is 25.1 Å². The van der Waals surface area contributed by atoms with E-state index < -0.39 is 5.97 Å². The van der Waals surface area contributed by atoms with Crippen molar-refractivity contribution in [2.24, 2.45) is 0 Å². The first kappa shape index (κ1) is 18.3. The van der Waals surface area contributed by atoms with Crippen LogP contribution in [0.2, 0.25) is 0 Å². The Morgan fingerprint density at radius 3 is 2.60 bits per heavy atom. The van der Waals surface area contributed by atoms with Crippen molar-refractivity contribution >= 4 is 17.6 Å². The number of carboxylic acids is 1. The highest BCUT2D eigenvalue weighted by molar-refractivity contribution is 5.93. The second kappa shape index (κ2) is 8.73. The van der Waals surface area contributed by atoms with Crippen LogP contribution in [0.3, 0.4) is 0 Å². The fraction of sp³-hybridized carbons (Fsp3) is 0.263. The molecule has 0 radical (unpaired) electrons. The van der Waals surface area contributed by atoms with Crippen LogP contribution in [0.4, 0.5) is 5.69 Å². The lowest BCUT2D eigenvalue weighted by Crippen LogP contribution is -2.21. The molecule has 0 heterocycles. The number of ether oxygens (including phenoxy) is 2. The van der Waals surface area contributed by atoms with E-state index in [1.54, 1.807) is 24.3 Å². The van der Waals surface area contributed by atoms with Gasteiger partial charge in [-0.05, 0) is 42.7 Å². The molecule has 0 fully saturated rings. The summed E-state index contributed by atoms with van der Waals surface area (Å²) >= 11 is 0. The van der Waals surface area contributed by atoms with E-state index in [1.165, 1.54) is 7.11 Å². The summed E-state index contributed by atoms with van der Waals surface area (Å²) in [4.78, 5) is 22.9. The van der Waals surface area contributed by atoms with Crippen LogP contribution in [0, 0.1) is 6.92 Å². The van der Waals surface area contributed by atoms with Gasteiger partial charge in [0.1, 0.15) is 11.5 Å². The number of benzene rings is 2. The van der Waals surface area contributed by atoms with Crippen LogP contribution in [0.15, 0.2) is 42.5 Å². The number of aryl methyl sites for hydroxylation is 2. The van der Waals surface area contributed by atoms with E-state index in [9.17, 15) is 9.59 Å². The van der Waals surface area contributed by atoms with Gasteiger partial charge >= 0.3 is 5.97 Å². The van der Waals surface area contributed by atoms with Crippen molar-refractivity contribution in [1.29, 1.82) is 0 Å². The van der Waals surface area contributed by atoms with E-state index >= 15 is 0 Å². The molecular formula is C19H21NO5. The predicted molar refractivity (Wildman–Crippen MR) is 94.3 cm³/mol. The third-order valence-corrected chi connectivity index (χ3v) is 3.57. The lowest BCUT2D eigenvalue weighted by molar-refractivity contribution is -0.137. The Labute approximate surface area is 146 Å². The molecule has 1 amide bonds. The molecule has 0 saturated heterocycles. The zero-order valence-electron chi connectivity index (χ0n) is 14.2. The number of amides is 1. The summed E-state index contributed by atoms with van der Waals surface area (Å²) in [5.74, 6) is -0.119. The third-order valence-electron chi connectivity index (χ3n) is 3.57. The summed E-state index contributed by atoms with van der Waals surface area (Å²) in [5, 5.41) is 11.6. The number of hydrogen-bond acceptors (Lipinski definition) is 4. The van der Waals surface area contributed by atoms with Gasteiger partial charge in [0.2, 0.25) is 0 Å². The van der Waals surface area contributed by atoms with E-state index in [0.717, 1.165) is 11.1 Å².